The molecule has 2 aromatic rings. The first-order valence-corrected chi connectivity index (χ1v) is 7.64. The molecule has 5 heteroatoms. The standard InChI is InChI=1S/C19H19F3O2/c1-2-4-15-5-9-18(10-6-15)24-19(21,22)16-7-11-17(12-8-16)23-14-3-13-20/h2,4-12H,3,13-14H2,1H3/b4-2+. The highest BCUT2D eigenvalue weighted by Crippen LogP contribution is 2.32. The summed E-state index contributed by atoms with van der Waals surface area (Å²) >= 11 is 0. The maximum atomic E-state index is 14.2. The van der Waals surface area contributed by atoms with Gasteiger partial charge in [-0.1, -0.05) is 24.3 Å². The van der Waals surface area contributed by atoms with E-state index in [1.807, 2.05) is 19.1 Å². The summed E-state index contributed by atoms with van der Waals surface area (Å²) in [5.74, 6) is 0.496. The fourth-order valence-corrected chi connectivity index (χ4v) is 2.04. The molecule has 2 nitrogen and oxygen atoms in total. The molecule has 0 saturated heterocycles. The van der Waals surface area contributed by atoms with Crippen molar-refractivity contribution in [3.05, 3.63) is 65.7 Å². The summed E-state index contributed by atoms with van der Waals surface area (Å²) in [6.07, 6.45) is 0.537. The van der Waals surface area contributed by atoms with E-state index < -0.39 is 12.8 Å². The summed E-state index contributed by atoms with van der Waals surface area (Å²) in [6, 6.07) is 11.7. The maximum absolute atomic E-state index is 14.2. The number of benzene rings is 2. The highest BCUT2D eigenvalue weighted by molar-refractivity contribution is 5.50. The summed E-state index contributed by atoms with van der Waals surface area (Å²) in [4.78, 5) is 0. The van der Waals surface area contributed by atoms with Gasteiger partial charge in [-0.15, -0.1) is 0 Å². The molecule has 24 heavy (non-hydrogen) atoms. The number of alkyl halides is 3. The first kappa shape index (κ1) is 17.9. The van der Waals surface area contributed by atoms with Gasteiger partial charge < -0.3 is 9.47 Å². The molecule has 0 aliphatic rings. The first-order chi connectivity index (χ1) is 11.5. The highest BCUT2D eigenvalue weighted by Gasteiger charge is 2.34. The lowest BCUT2D eigenvalue weighted by Crippen LogP contribution is -2.21. The highest BCUT2D eigenvalue weighted by atomic mass is 19.3. The van der Waals surface area contributed by atoms with Gasteiger partial charge in [0.25, 0.3) is 0 Å². The Hall–Kier alpha value is -2.43. The first-order valence-electron chi connectivity index (χ1n) is 7.64. The number of hydrogen-bond donors (Lipinski definition) is 0. The SMILES string of the molecule is C/C=C/c1ccc(OC(F)(F)c2ccc(OCCCF)cc2)cc1. The minimum Gasteiger partial charge on any atom is -0.494 e. The predicted molar refractivity (Wildman–Crippen MR) is 88.2 cm³/mol. The molecule has 0 N–H and O–H groups in total. The van der Waals surface area contributed by atoms with Crippen molar-refractivity contribution in [2.75, 3.05) is 13.3 Å². The topological polar surface area (TPSA) is 18.5 Å². The average Bonchev–Trinajstić information content (AvgIpc) is 2.57. The summed E-state index contributed by atoms with van der Waals surface area (Å²) in [7, 11) is 0. The number of ether oxygens (including phenoxy) is 2. The molecule has 0 aromatic heterocycles. The molecule has 0 aliphatic heterocycles. The van der Waals surface area contributed by atoms with Gasteiger partial charge >= 0.3 is 6.11 Å². The van der Waals surface area contributed by atoms with Crippen LogP contribution in [0.15, 0.2) is 54.6 Å². The minimum atomic E-state index is -3.46. The average molecular weight is 336 g/mol. The lowest BCUT2D eigenvalue weighted by molar-refractivity contribution is -0.185. The van der Waals surface area contributed by atoms with Crippen LogP contribution in [0.5, 0.6) is 11.5 Å². The molecular weight excluding hydrogens is 317 g/mol. The monoisotopic (exact) mass is 336 g/mol. The van der Waals surface area contributed by atoms with Crippen LogP contribution in [0, 0.1) is 0 Å². The third-order valence-electron chi connectivity index (χ3n) is 3.22. The third-order valence-corrected chi connectivity index (χ3v) is 3.22. The zero-order chi connectivity index (χ0) is 17.4. The lowest BCUT2D eigenvalue weighted by Gasteiger charge is -2.18. The molecule has 128 valence electrons. The predicted octanol–water partition coefficient (Wildman–Crippen LogP) is 5.59. The van der Waals surface area contributed by atoms with Crippen LogP contribution in [0.2, 0.25) is 0 Å². The van der Waals surface area contributed by atoms with Crippen molar-refractivity contribution < 1.29 is 22.6 Å². The molecular formula is C19H19F3O2. The molecule has 2 aromatic carbocycles. The van der Waals surface area contributed by atoms with E-state index in [-0.39, 0.29) is 24.3 Å². The molecule has 0 heterocycles. The Morgan fingerprint density at radius 2 is 1.58 bits per heavy atom. The van der Waals surface area contributed by atoms with Gasteiger partial charge in [-0.05, 0) is 48.9 Å². The molecule has 0 aliphatic carbocycles. The van der Waals surface area contributed by atoms with Crippen molar-refractivity contribution in [3.63, 3.8) is 0 Å². The van der Waals surface area contributed by atoms with E-state index >= 15 is 0 Å². The molecule has 0 spiro atoms. The minimum absolute atomic E-state index is 0.0801. The van der Waals surface area contributed by atoms with Crippen LogP contribution in [-0.2, 0) is 6.11 Å². The van der Waals surface area contributed by atoms with Gasteiger partial charge in [-0.25, -0.2) is 0 Å². The van der Waals surface area contributed by atoms with E-state index in [2.05, 4.69) is 0 Å². The molecule has 0 saturated carbocycles. The van der Waals surface area contributed by atoms with Gasteiger partial charge in [-0.3, -0.25) is 4.39 Å². The Bertz CT molecular complexity index is 649. The van der Waals surface area contributed by atoms with E-state index in [1.54, 1.807) is 12.1 Å². The Morgan fingerprint density at radius 1 is 0.958 bits per heavy atom. The van der Waals surface area contributed by atoms with Crippen LogP contribution in [0.3, 0.4) is 0 Å². The molecule has 0 radical (unpaired) electrons. The summed E-state index contributed by atoms with van der Waals surface area (Å²) in [5, 5.41) is 0. The smallest absolute Gasteiger partial charge is 0.426 e. The molecule has 0 bridgehead atoms. The normalized spacial score (nSPS) is 11.7. The second-order valence-electron chi connectivity index (χ2n) is 5.10. The lowest BCUT2D eigenvalue weighted by atomic mass is 10.2. The fraction of sp³-hybridized carbons (Fsp3) is 0.263. The van der Waals surface area contributed by atoms with Crippen molar-refractivity contribution in [2.45, 2.75) is 19.5 Å². The van der Waals surface area contributed by atoms with E-state index in [0.717, 1.165) is 5.56 Å². The molecule has 2 rings (SSSR count). The van der Waals surface area contributed by atoms with Crippen molar-refractivity contribution in [2.24, 2.45) is 0 Å². The summed E-state index contributed by atoms with van der Waals surface area (Å²) in [6.45, 7) is 1.61. The van der Waals surface area contributed by atoms with E-state index in [4.69, 9.17) is 9.47 Å². The quantitative estimate of drug-likeness (QED) is 0.585. The van der Waals surface area contributed by atoms with Crippen LogP contribution >= 0.6 is 0 Å². The number of rotatable bonds is 8. The van der Waals surface area contributed by atoms with Crippen LogP contribution in [0.25, 0.3) is 6.08 Å². The maximum Gasteiger partial charge on any atom is 0.426 e. The van der Waals surface area contributed by atoms with E-state index in [0.29, 0.717) is 5.75 Å². The van der Waals surface area contributed by atoms with Crippen LogP contribution in [0.4, 0.5) is 13.2 Å². The third kappa shape index (κ3) is 5.05. The Kier molecular flexibility index (Phi) is 6.29. The van der Waals surface area contributed by atoms with Gasteiger partial charge in [0.2, 0.25) is 0 Å². The fourth-order valence-electron chi connectivity index (χ4n) is 2.04. The second kappa shape index (κ2) is 8.43. The Labute approximate surface area is 139 Å². The van der Waals surface area contributed by atoms with Crippen molar-refractivity contribution in [3.8, 4) is 11.5 Å². The van der Waals surface area contributed by atoms with E-state index in [1.165, 1.54) is 36.4 Å². The Morgan fingerprint density at radius 3 is 2.17 bits per heavy atom. The van der Waals surface area contributed by atoms with E-state index in [9.17, 15) is 13.2 Å². The van der Waals surface area contributed by atoms with Crippen molar-refractivity contribution in [1.29, 1.82) is 0 Å². The second-order valence-corrected chi connectivity index (χ2v) is 5.10. The number of hydrogen-bond acceptors (Lipinski definition) is 2. The van der Waals surface area contributed by atoms with Gasteiger partial charge in [0.05, 0.1) is 18.8 Å². The molecule has 0 fully saturated rings. The van der Waals surface area contributed by atoms with Crippen LogP contribution in [0.1, 0.15) is 24.5 Å². The summed E-state index contributed by atoms with van der Waals surface area (Å²) in [5.41, 5.74) is 0.626. The van der Waals surface area contributed by atoms with Gasteiger partial charge in [0.15, 0.2) is 0 Å². The van der Waals surface area contributed by atoms with Crippen molar-refractivity contribution in [1.82, 2.24) is 0 Å². The molecule has 0 amide bonds. The zero-order valence-electron chi connectivity index (χ0n) is 13.3. The number of halogens is 3. The zero-order valence-corrected chi connectivity index (χ0v) is 13.3. The van der Waals surface area contributed by atoms with Crippen LogP contribution < -0.4 is 9.47 Å². The Balaban J connectivity index is 2.03. The van der Waals surface area contributed by atoms with Crippen molar-refractivity contribution >= 4 is 6.08 Å². The van der Waals surface area contributed by atoms with Gasteiger partial charge in [0.1, 0.15) is 11.5 Å². The van der Waals surface area contributed by atoms with Crippen LogP contribution in [-0.4, -0.2) is 13.3 Å². The largest absolute Gasteiger partial charge is 0.494 e. The van der Waals surface area contributed by atoms with Gasteiger partial charge in [-0.2, -0.15) is 8.78 Å². The summed E-state index contributed by atoms with van der Waals surface area (Å²) < 4.78 is 50.4. The molecule has 0 atom stereocenters. The van der Waals surface area contributed by atoms with Gasteiger partial charge in [0, 0.05) is 6.42 Å². The number of allylic oxidation sites excluding steroid dienone is 1. The molecule has 0 unspecified atom stereocenters.